The molecule has 0 saturated carbocycles. The summed E-state index contributed by atoms with van der Waals surface area (Å²) in [6.45, 7) is 7.34. The van der Waals surface area contributed by atoms with Crippen LogP contribution in [0.4, 0.5) is 11.4 Å². The van der Waals surface area contributed by atoms with Gasteiger partial charge in [-0.3, -0.25) is 10.1 Å². The number of likely N-dealkylation sites (tertiary alicyclic amines) is 1. The molecule has 0 spiro atoms. The maximum absolute atomic E-state index is 10.8. The molecule has 1 fully saturated rings. The van der Waals surface area contributed by atoms with Crippen LogP contribution in [0.15, 0.2) is 18.2 Å². The van der Waals surface area contributed by atoms with Gasteiger partial charge in [-0.25, -0.2) is 0 Å². The number of rotatable bonds is 6. The molecule has 0 amide bonds. The van der Waals surface area contributed by atoms with E-state index in [-0.39, 0.29) is 10.6 Å². The van der Waals surface area contributed by atoms with E-state index in [1.54, 1.807) is 19.1 Å². The summed E-state index contributed by atoms with van der Waals surface area (Å²) in [5.41, 5.74) is 1.85. The first-order valence-corrected chi connectivity index (χ1v) is 7.81. The van der Waals surface area contributed by atoms with Gasteiger partial charge in [0.25, 0.3) is 5.69 Å². The summed E-state index contributed by atoms with van der Waals surface area (Å²) in [7, 11) is 0. The Bertz CT molecular complexity index is 490. The van der Waals surface area contributed by atoms with E-state index in [0.29, 0.717) is 11.6 Å². The highest BCUT2D eigenvalue weighted by molar-refractivity contribution is 5.53. The van der Waals surface area contributed by atoms with Gasteiger partial charge in [0.2, 0.25) is 0 Å². The Hall–Kier alpha value is -1.62. The Balaban J connectivity index is 1.76. The average molecular weight is 291 g/mol. The summed E-state index contributed by atoms with van der Waals surface area (Å²) in [5.74, 6) is 0. The van der Waals surface area contributed by atoms with E-state index in [1.165, 1.54) is 25.8 Å². The number of nitrogens with one attached hydrogen (secondary N) is 1. The zero-order valence-corrected chi connectivity index (χ0v) is 13.0. The number of benzene rings is 1. The molecule has 1 heterocycles. The molecule has 1 atom stereocenters. The number of anilines is 1. The van der Waals surface area contributed by atoms with Gasteiger partial charge in [-0.2, -0.15) is 0 Å². The van der Waals surface area contributed by atoms with Crippen LogP contribution in [-0.2, 0) is 0 Å². The van der Waals surface area contributed by atoms with E-state index in [2.05, 4.69) is 17.1 Å². The molecular formula is C16H25N3O2. The summed E-state index contributed by atoms with van der Waals surface area (Å²) in [5, 5.41) is 14.1. The van der Waals surface area contributed by atoms with Crippen LogP contribution in [0.2, 0.25) is 0 Å². The van der Waals surface area contributed by atoms with Gasteiger partial charge in [0.1, 0.15) is 0 Å². The van der Waals surface area contributed by atoms with E-state index in [1.807, 2.05) is 6.07 Å². The number of hydrogen-bond donors (Lipinski definition) is 1. The first-order valence-electron chi connectivity index (χ1n) is 7.81. The number of piperidine rings is 1. The fraction of sp³-hybridized carbons (Fsp3) is 0.625. The summed E-state index contributed by atoms with van der Waals surface area (Å²) in [4.78, 5) is 13.0. The molecule has 5 heteroatoms. The molecule has 1 aromatic carbocycles. The van der Waals surface area contributed by atoms with Crippen LogP contribution in [0.3, 0.4) is 0 Å². The first-order chi connectivity index (χ1) is 10.1. The molecule has 1 aromatic rings. The van der Waals surface area contributed by atoms with Crippen molar-refractivity contribution in [2.75, 3.05) is 25.0 Å². The molecule has 1 N–H and O–H groups in total. The van der Waals surface area contributed by atoms with E-state index < -0.39 is 0 Å². The molecule has 116 valence electrons. The topological polar surface area (TPSA) is 58.4 Å². The van der Waals surface area contributed by atoms with Crippen LogP contribution in [0.25, 0.3) is 0 Å². The molecule has 5 nitrogen and oxygen atoms in total. The second-order valence-corrected chi connectivity index (χ2v) is 5.92. The maximum atomic E-state index is 10.8. The maximum Gasteiger partial charge on any atom is 0.272 e. The third kappa shape index (κ3) is 4.43. The number of nitrogens with zero attached hydrogens (tertiary/aromatic N) is 2. The fourth-order valence-corrected chi connectivity index (χ4v) is 2.97. The third-order valence-corrected chi connectivity index (χ3v) is 4.29. The monoisotopic (exact) mass is 291 g/mol. The van der Waals surface area contributed by atoms with Crippen molar-refractivity contribution >= 4 is 11.4 Å². The Morgan fingerprint density at radius 1 is 1.43 bits per heavy atom. The molecule has 0 bridgehead atoms. The summed E-state index contributed by atoms with van der Waals surface area (Å²) < 4.78 is 0. The van der Waals surface area contributed by atoms with Gasteiger partial charge in [0.05, 0.1) is 4.92 Å². The zero-order chi connectivity index (χ0) is 15.2. The fourth-order valence-electron chi connectivity index (χ4n) is 2.97. The molecule has 2 rings (SSSR count). The van der Waals surface area contributed by atoms with E-state index in [4.69, 9.17) is 0 Å². The van der Waals surface area contributed by atoms with Crippen LogP contribution in [0, 0.1) is 17.0 Å². The minimum Gasteiger partial charge on any atom is -0.385 e. The third-order valence-electron chi connectivity index (χ3n) is 4.29. The van der Waals surface area contributed by atoms with Crippen LogP contribution in [0.5, 0.6) is 0 Å². The van der Waals surface area contributed by atoms with Crippen molar-refractivity contribution in [1.29, 1.82) is 0 Å². The van der Waals surface area contributed by atoms with Crippen molar-refractivity contribution in [2.45, 2.75) is 45.6 Å². The first kappa shape index (κ1) is 15.8. The van der Waals surface area contributed by atoms with Crippen molar-refractivity contribution in [3.63, 3.8) is 0 Å². The normalized spacial score (nSPS) is 19.4. The quantitative estimate of drug-likeness (QED) is 0.494. The van der Waals surface area contributed by atoms with Crippen molar-refractivity contribution in [1.82, 2.24) is 4.90 Å². The van der Waals surface area contributed by atoms with Crippen molar-refractivity contribution in [3.05, 3.63) is 33.9 Å². The van der Waals surface area contributed by atoms with E-state index in [9.17, 15) is 10.1 Å². The highest BCUT2D eigenvalue weighted by Gasteiger charge is 2.17. The lowest BCUT2D eigenvalue weighted by atomic mass is 10.0. The van der Waals surface area contributed by atoms with Crippen molar-refractivity contribution in [3.8, 4) is 0 Å². The average Bonchev–Trinajstić information content (AvgIpc) is 2.45. The zero-order valence-electron chi connectivity index (χ0n) is 13.0. The largest absolute Gasteiger partial charge is 0.385 e. The molecule has 1 unspecified atom stereocenters. The standard InChI is InChI=1S/C16H25N3O2/c1-13-12-15(7-8-16(13)19(20)21)17-9-5-11-18-10-4-3-6-14(18)2/h7-8,12,14,17H,3-6,9-11H2,1-2H3. The second kappa shape index (κ2) is 7.41. The molecule has 1 aliphatic heterocycles. The lowest BCUT2D eigenvalue weighted by Crippen LogP contribution is -2.38. The Labute approximate surface area is 126 Å². The second-order valence-electron chi connectivity index (χ2n) is 5.92. The van der Waals surface area contributed by atoms with Gasteiger partial charge in [0, 0.05) is 36.4 Å². The lowest BCUT2D eigenvalue weighted by Gasteiger charge is -2.33. The van der Waals surface area contributed by atoms with Gasteiger partial charge < -0.3 is 10.2 Å². The number of hydrogen-bond acceptors (Lipinski definition) is 4. The van der Waals surface area contributed by atoms with Gasteiger partial charge in [0.15, 0.2) is 0 Å². The SMILES string of the molecule is Cc1cc(NCCCN2CCCCC2C)ccc1[N+](=O)[O-]. The number of aryl methyl sites for hydroxylation is 1. The smallest absolute Gasteiger partial charge is 0.272 e. The lowest BCUT2D eigenvalue weighted by molar-refractivity contribution is -0.385. The molecule has 0 aliphatic carbocycles. The Morgan fingerprint density at radius 2 is 2.24 bits per heavy atom. The molecule has 1 aliphatic rings. The summed E-state index contributed by atoms with van der Waals surface area (Å²) >= 11 is 0. The van der Waals surface area contributed by atoms with Crippen LogP contribution < -0.4 is 5.32 Å². The summed E-state index contributed by atoms with van der Waals surface area (Å²) in [6, 6.07) is 5.92. The number of nitro groups is 1. The molecular weight excluding hydrogens is 266 g/mol. The van der Waals surface area contributed by atoms with Crippen LogP contribution in [-0.4, -0.2) is 35.5 Å². The minimum atomic E-state index is -0.336. The Kier molecular flexibility index (Phi) is 5.56. The molecule has 21 heavy (non-hydrogen) atoms. The van der Waals surface area contributed by atoms with Gasteiger partial charge >= 0.3 is 0 Å². The molecule has 0 radical (unpaired) electrons. The molecule has 1 saturated heterocycles. The predicted molar refractivity (Wildman–Crippen MR) is 85.8 cm³/mol. The molecule has 0 aromatic heterocycles. The van der Waals surface area contributed by atoms with Gasteiger partial charge in [-0.1, -0.05) is 6.42 Å². The van der Waals surface area contributed by atoms with Crippen molar-refractivity contribution < 1.29 is 4.92 Å². The highest BCUT2D eigenvalue weighted by Crippen LogP contribution is 2.21. The van der Waals surface area contributed by atoms with E-state index in [0.717, 1.165) is 25.2 Å². The summed E-state index contributed by atoms with van der Waals surface area (Å²) in [6.07, 6.45) is 5.09. The van der Waals surface area contributed by atoms with Gasteiger partial charge in [-0.05, 0) is 51.8 Å². The van der Waals surface area contributed by atoms with Crippen molar-refractivity contribution in [2.24, 2.45) is 0 Å². The van der Waals surface area contributed by atoms with E-state index >= 15 is 0 Å². The Morgan fingerprint density at radius 3 is 2.90 bits per heavy atom. The van der Waals surface area contributed by atoms with Crippen LogP contribution >= 0.6 is 0 Å². The predicted octanol–water partition coefficient (Wildman–Crippen LogP) is 3.58. The number of nitro benzene ring substituents is 1. The highest BCUT2D eigenvalue weighted by atomic mass is 16.6. The van der Waals surface area contributed by atoms with Crippen LogP contribution in [0.1, 0.15) is 38.2 Å². The van der Waals surface area contributed by atoms with Gasteiger partial charge in [-0.15, -0.1) is 0 Å². The minimum absolute atomic E-state index is 0.183.